The number of unbranched alkanes of at least 4 members (excludes halogenated alkanes) is 1. The van der Waals surface area contributed by atoms with E-state index in [2.05, 4.69) is 5.32 Å². The van der Waals surface area contributed by atoms with E-state index in [1.165, 1.54) is 37.3 Å². The average molecular weight is 610 g/mol. The molecule has 1 atom stereocenters. The van der Waals surface area contributed by atoms with Gasteiger partial charge in [0.25, 0.3) is 10.0 Å². The number of aryl methyl sites for hydroxylation is 2. The van der Waals surface area contributed by atoms with Crippen LogP contribution < -0.4 is 19.1 Å². The number of carbonyl (C=O) groups excluding carboxylic acids is 2. The van der Waals surface area contributed by atoms with Crippen LogP contribution in [0.15, 0.2) is 71.6 Å². The molecule has 0 aromatic heterocycles. The summed E-state index contributed by atoms with van der Waals surface area (Å²) >= 11 is 0. The van der Waals surface area contributed by atoms with Gasteiger partial charge in [-0.2, -0.15) is 0 Å². The van der Waals surface area contributed by atoms with Crippen molar-refractivity contribution in [1.82, 2.24) is 10.2 Å². The van der Waals surface area contributed by atoms with Gasteiger partial charge >= 0.3 is 0 Å². The standard InChI is InChI=1S/C33H43N3O6S/c1-7-9-20-34-33(38)29(8-2)35(22-26-14-10-24(3)11-15-26)32(37)23-36(27-16-12-25(4)13-17-27)43(39,40)28-18-19-30(41-5)31(21-28)42-6/h10-19,21,29H,7-9,20,22-23H2,1-6H3,(H,34,38)/t29-/m0/s1. The molecule has 1 N–H and O–H groups in total. The Hall–Kier alpha value is -4.05. The Morgan fingerprint density at radius 2 is 1.47 bits per heavy atom. The van der Waals surface area contributed by atoms with Gasteiger partial charge in [0.1, 0.15) is 12.6 Å². The topological polar surface area (TPSA) is 105 Å². The molecule has 0 aliphatic rings. The highest BCUT2D eigenvalue weighted by Crippen LogP contribution is 2.32. The number of hydrogen-bond acceptors (Lipinski definition) is 6. The fourth-order valence-corrected chi connectivity index (χ4v) is 6.09. The molecule has 3 rings (SSSR count). The maximum Gasteiger partial charge on any atom is 0.264 e. The van der Waals surface area contributed by atoms with E-state index in [0.29, 0.717) is 24.4 Å². The minimum Gasteiger partial charge on any atom is -0.493 e. The van der Waals surface area contributed by atoms with Gasteiger partial charge in [-0.05, 0) is 56.5 Å². The molecule has 232 valence electrons. The summed E-state index contributed by atoms with van der Waals surface area (Å²) in [6.07, 6.45) is 2.10. The molecule has 0 unspecified atom stereocenters. The second-order valence-corrected chi connectivity index (χ2v) is 12.3. The van der Waals surface area contributed by atoms with E-state index in [4.69, 9.17) is 9.47 Å². The van der Waals surface area contributed by atoms with Crippen molar-refractivity contribution in [2.45, 2.75) is 64.4 Å². The lowest BCUT2D eigenvalue weighted by Crippen LogP contribution is -2.52. The Balaban J connectivity index is 2.06. The molecule has 0 fully saturated rings. The van der Waals surface area contributed by atoms with E-state index in [9.17, 15) is 18.0 Å². The number of nitrogens with zero attached hydrogens (tertiary/aromatic N) is 2. The molecule has 0 saturated heterocycles. The van der Waals surface area contributed by atoms with Crippen LogP contribution in [0.25, 0.3) is 0 Å². The molecule has 0 heterocycles. The van der Waals surface area contributed by atoms with Gasteiger partial charge in [-0.1, -0.05) is 67.8 Å². The summed E-state index contributed by atoms with van der Waals surface area (Å²) < 4.78 is 40.1. The number of rotatable bonds is 15. The number of amides is 2. The zero-order valence-electron chi connectivity index (χ0n) is 25.9. The summed E-state index contributed by atoms with van der Waals surface area (Å²) in [5.41, 5.74) is 3.17. The molecular formula is C33H43N3O6S. The molecule has 0 aliphatic carbocycles. The van der Waals surface area contributed by atoms with Crippen molar-refractivity contribution in [3.05, 3.63) is 83.4 Å². The summed E-state index contributed by atoms with van der Waals surface area (Å²) in [6, 6.07) is 18.1. The SMILES string of the molecule is CCCCNC(=O)[C@H](CC)N(Cc1ccc(C)cc1)C(=O)CN(c1ccc(C)cc1)S(=O)(=O)c1ccc(OC)c(OC)c1. The molecule has 2 amide bonds. The predicted octanol–water partition coefficient (Wildman–Crippen LogP) is 5.24. The summed E-state index contributed by atoms with van der Waals surface area (Å²) in [5, 5.41) is 2.95. The lowest BCUT2D eigenvalue weighted by atomic mass is 10.1. The van der Waals surface area contributed by atoms with Crippen LogP contribution in [0.5, 0.6) is 11.5 Å². The van der Waals surface area contributed by atoms with Gasteiger partial charge in [-0.3, -0.25) is 13.9 Å². The van der Waals surface area contributed by atoms with E-state index < -0.39 is 28.5 Å². The molecule has 0 spiro atoms. The van der Waals surface area contributed by atoms with E-state index in [-0.39, 0.29) is 23.1 Å². The fraction of sp³-hybridized carbons (Fsp3) is 0.394. The first kappa shape index (κ1) is 33.5. The van der Waals surface area contributed by atoms with Crippen LogP contribution in [0.2, 0.25) is 0 Å². The number of carbonyl (C=O) groups is 2. The van der Waals surface area contributed by atoms with E-state index in [0.717, 1.165) is 33.8 Å². The van der Waals surface area contributed by atoms with Crippen LogP contribution >= 0.6 is 0 Å². The number of nitrogens with one attached hydrogen (secondary N) is 1. The van der Waals surface area contributed by atoms with Crippen LogP contribution in [0.3, 0.4) is 0 Å². The lowest BCUT2D eigenvalue weighted by molar-refractivity contribution is -0.140. The Bertz CT molecular complexity index is 1470. The first-order valence-electron chi connectivity index (χ1n) is 14.5. The Morgan fingerprint density at radius 1 is 0.860 bits per heavy atom. The molecule has 10 heteroatoms. The molecule has 9 nitrogen and oxygen atoms in total. The highest BCUT2D eigenvalue weighted by molar-refractivity contribution is 7.92. The van der Waals surface area contributed by atoms with Crippen molar-refractivity contribution in [2.75, 3.05) is 31.6 Å². The molecule has 0 radical (unpaired) electrons. The summed E-state index contributed by atoms with van der Waals surface area (Å²) in [7, 11) is -1.36. The van der Waals surface area contributed by atoms with Crippen molar-refractivity contribution in [3.63, 3.8) is 0 Å². The van der Waals surface area contributed by atoms with E-state index >= 15 is 0 Å². The zero-order chi connectivity index (χ0) is 31.6. The van der Waals surface area contributed by atoms with Crippen molar-refractivity contribution < 1.29 is 27.5 Å². The van der Waals surface area contributed by atoms with Crippen molar-refractivity contribution in [1.29, 1.82) is 0 Å². The van der Waals surface area contributed by atoms with Crippen molar-refractivity contribution >= 4 is 27.5 Å². The Labute approximate surface area is 255 Å². The smallest absolute Gasteiger partial charge is 0.264 e. The first-order valence-corrected chi connectivity index (χ1v) is 15.9. The highest BCUT2D eigenvalue weighted by Gasteiger charge is 2.34. The van der Waals surface area contributed by atoms with Crippen LogP contribution in [-0.2, 0) is 26.2 Å². The van der Waals surface area contributed by atoms with Gasteiger partial charge in [-0.15, -0.1) is 0 Å². The average Bonchev–Trinajstić information content (AvgIpc) is 3.00. The third-order valence-corrected chi connectivity index (χ3v) is 9.00. The van der Waals surface area contributed by atoms with Crippen molar-refractivity contribution in [2.24, 2.45) is 0 Å². The minimum absolute atomic E-state index is 0.0621. The van der Waals surface area contributed by atoms with Gasteiger partial charge in [0.15, 0.2) is 11.5 Å². The van der Waals surface area contributed by atoms with Gasteiger partial charge in [0, 0.05) is 19.2 Å². The van der Waals surface area contributed by atoms with Crippen LogP contribution in [-0.4, -0.2) is 58.5 Å². The minimum atomic E-state index is -4.25. The summed E-state index contributed by atoms with van der Waals surface area (Å²) in [6.45, 7) is 7.89. The third-order valence-electron chi connectivity index (χ3n) is 7.23. The number of benzene rings is 3. The number of sulfonamides is 1. The largest absolute Gasteiger partial charge is 0.493 e. The zero-order valence-corrected chi connectivity index (χ0v) is 26.7. The maximum absolute atomic E-state index is 14.2. The van der Waals surface area contributed by atoms with Gasteiger partial charge in [0.2, 0.25) is 11.8 Å². The molecular weight excluding hydrogens is 566 g/mol. The number of hydrogen-bond donors (Lipinski definition) is 1. The van der Waals surface area contributed by atoms with Gasteiger partial charge in [0.05, 0.1) is 24.8 Å². The second kappa shape index (κ2) is 15.4. The van der Waals surface area contributed by atoms with E-state index in [1.54, 1.807) is 24.3 Å². The fourth-order valence-electron chi connectivity index (χ4n) is 4.66. The monoisotopic (exact) mass is 609 g/mol. The number of anilines is 1. The normalized spacial score (nSPS) is 11.9. The maximum atomic E-state index is 14.2. The Kier molecular flexibility index (Phi) is 12.0. The third kappa shape index (κ3) is 8.50. The quantitative estimate of drug-likeness (QED) is 0.236. The first-order chi connectivity index (χ1) is 20.5. The van der Waals surface area contributed by atoms with Crippen molar-refractivity contribution in [3.8, 4) is 11.5 Å². The van der Waals surface area contributed by atoms with Crippen LogP contribution in [0, 0.1) is 13.8 Å². The van der Waals surface area contributed by atoms with Crippen LogP contribution in [0.1, 0.15) is 49.8 Å². The lowest BCUT2D eigenvalue weighted by Gasteiger charge is -2.33. The van der Waals surface area contributed by atoms with Crippen LogP contribution in [0.4, 0.5) is 5.69 Å². The second-order valence-electron chi connectivity index (χ2n) is 10.4. The molecule has 0 aliphatic heterocycles. The molecule has 3 aromatic rings. The molecule has 3 aromatic carbocycles. The van der Waals surface area contributed by atoms with Gasteiger partial charge in [-0.25, -0.2) is 8.42 Å². The molecule has 0 bridgehead atoms. The molecule has 43 heavy (non-hydrogen) atoms. The molecule has 0 saturated carbocycles. The summed E-state index contributed by atoms with van der Waals surface area (Å²) in [5.74, 6) is -0.137. The summed E-state index contributed by atoms with van der Waals surface area (Å²) in [4.78, 5) is 28.9. The number of ether oxygens (including phenoxy) is 2. The Morgan fingerprint density at radius 3 is 2.02 bits per heavy atom. The highest BCUT2D eigenvalue weighted by atomic mass is 32.2. The van der Waals surface area contributed by atoms with Gasteiger partial charge < -0.3 is 19.7 Å². The number of methoxy groups -OCH3 is 2. The van der Waals surface area contributed by atoms with E-state index in [1.807, 2.05) is 52.0 Å². The predicted molar refractivity (Wildman–Crippen MR) is 169 cm³/mol.